The van der Waals surface area contributed by atoms with E-state index in [1.807, 2.05) is 41.3 Å². The highest BCUT2D eigenvalue weighted by Gasteiger charge is 2.46. The zero-order valence-electron chi connectivity index (χ0n) is 15.1. The molecular formula is C20H20N6O2. The van der Waals surface area contributed by atoms with E-state index in [9.17, 15) is 9.59 Å². The summed E-state index contributed by atoms with van der Waals surface area (Å²) in [5, 5.41) is 2.96. The largest absolute Gasteiger partial charge is 0.366 e. The Bertz CT molecular complexity index is 1060. The standard InChI is InChI=1S/C20H20N6O2/c21-18(27)15-7-4-8-16-17(15)24-19(23-16)25-10-14-9-13(25)11-26(14)20(28)22-12-5-2-1-3-6-12/h1-8,13-14H,9-11H2,(H2,21,27)(H,22,28)(H,23,24)/t13-,14+/m1/s1. The Kier molecular flexibility index (Phi) is 3.71. The van der Waals surface area contributed by atoms with Gasteiger partial charge in [0.25, 0.3) is 5.91 Å². The number of hydrogen-bond acceptors (Lipinski definition) is 4. The van der Waals surface area contributed by atoms with Gasteiger partial charge in [0, 0.05) is 18.8 Å². The maximum Gasteiger partial charge on any atom is 0.322 e. The van der Waals surface area contributed by atoms with Gasteiger partial charge in [-0.25, -0.2) is 9.78 Å². The van der Waals surface area contributed by atoms with E-state index in [2.05, 4.69) is 20.2 Å². The molecule has 3 aromatic rings. The number of imidazole rings is 1. The zero-order valence-corrected chi connectivity index (χ0v) is 15.1. The Morgan fingerprint density at radius 1 is 1.07 bits per heavy atom. The van der Waals surface area contributed by atoms with Gasteiger partial charge in [-0.1, -0.05) is 24.3 Å². The van der Waals surface area contributed by atoms with E-state index in [-0.39, 0.29) is 18.1 Å². The number of likely N-dealkylation sites (tertiary alicyclic amines) is 1. The lowest BCUT2D eigenvalue weighted by molar-refractivity contribution is 0.100. The molecule has 2 aliphatic heterocycles. The third-order valence-electron chi connectivity index (χ3n) is 5.56. The molecule has 0 unspecified atom stereocenters. The second-order valence-electron chi connectivity index (χ2n) is 7.27. The van der Waals surface area contributed by atoms with E-state index in [1.165, 1.54) is 0 Å². The van der Waals surface area contributed by atoms with Crippen LogP contribution in [0, 0.1) is 0 Å². The first-order valence-corrected chi connectivity index (χ1v) is 9.28. The zero-order chi connectivity index (χ0) is 19.3. The summed E-state index contributed by atoms with van der Waals surface area (Å²) in [7, 11) is 0. The maximum absolute atomic E-state index is 12.6. The number of aromatic nitrogens is 2. The van der Waals surface area contributed by atoms with Crippen LogP contribution >= 0.6 is 0 Å². The molecule has 1 aromatic heterocycles. The Morgan fingerprint density at radius 2 is 1.89 bits per heavy atom. The summed E-state index contributed by atoms with van der Waals surface area (Å²) >= 11 is 0. The van der Waals surface area contributed by atoms with Gasteiger partial charge in [0.05, 0.1) is 23.2 Å². The van der Waals surface area contributed by atoms with Crippen molar-refractivity contribution >= 4 is 34.6 Å². The summed E-state index contributed by atoms with van der Waals surface area (Å²) in [4.78, 5) is 36.3. The summed E-state index contributed by atoms with van der Waals surface area (Å²) in [6.07, 6.45) is 0.905. The minimum Gasteiger partial charge on any atom is -0.366 e. The number of urea groups is 1. The third-order valence-corrected chi connectivity index (χ3v) is 5.56. The highest BCUT2D eigenvalue weighted by atomic mass is 16.2. The number of primary amides is 1. The van der Waals surface area contributed by atoms with E-state index < -0.39 is 5.91 Å². The highest BCUT2D eigenvalue weighted by Crippen LogP contribution is 2.34. The van der Waals surface area contributed by atoms with Gasteiger partial charge < -0.3 is 25.8 Å². The van der Waals surface area contributed by atoms with Crippen LogP contribution in [0.1, 0.15) is 16.8 Å². The normalized spacial score (nSPS) is 20.7. The SMILES string of the molecule is NC(=O)c1cccc2[nH]c(N3C[C@@H]4C[C@@H]3CN4C(=O)Nc3ccccc3)nc12. The van der Waals surface area contributed by atoms with E-state index >= 15 is 0 Å². The van der Waals surface area contributed by atoms with E-state index in [1.54, 1.807) is 12.1 Å². The fraction of sp³-hybridized carbons (Fsp3) is 0.250. The van der Waals surface area contributed by atoms with Crippen LogP contribution in [-0.4, -0.2) is 52.0 Å². The minimum absolute atomic E-state index is 0.0704. The number of nitrogens with zero attached hydrogens (tertiary/aromatic N) is 3. The fourth-order valence-corrected chi connectivity index (χ4v) is 4.25. The van der Waals surface area contributed by atoms with Gasteiger partial charge in [0.15, 0.2) is 0 Å². The molecule has 8 nitrogen and oxygen atoms in total. The number of piperazine rings is 1. The Morgan fingerprint density at radius 3 is 2.61 bits per heavy atom. The molecule has 2 aliphatic rings. The monoisotopic (exact) mass is 376 g/mol. The van der Waals surface area contributed by atoms with Crippen molar-refractivity contribution in [3.63, 3.8) is 0 Å². The van der Waals surface area contributed by atoms with Crippen molar-refractivity contribution in [3.05, 3.63) is 54.1 Å². The Hall–Kier alpha value is -3.55. The average molecular weight is 376 g/mol. The molecule has 5 rings (SSSR count). The number of rotatable bonds is 3. The number of H-pyrrole nitrogens is 1. The van der Waals surface area contributed by atoms with E-state index in [0.717, 1.165) is 23.6 Å². The second kappa shape index (κ2) is 6.26. The lowest BCUT2D eigenvalue weighted by Crippen LogP contribution is -2.50. The number of amides is 3. The summed E-state index contributed by atoms with van der Waals surface area (Å²) < 4.78 is 0. The van der Waals surface area contributed by atoms with Crippen molar-refractivity contribution in [3.8, 4) is 0 Å². The predicted octanol–water partition coefficient (Wildman–Crippen LogP) is 2.16. The fourth-order valence-electron chi connectivity index (χ4n) is 4.25. The molecule has 0 aliphatic carbocycles. The molecule has 142 valence electrons. The van der Waals surface area contributed by atoms with Gasteiger partial charge in [0.1, 0.15) is 5.52 Å². The molecule has 0 radical (unpaired) electrons. The van der Waals surface area contributed by atoms with Gasteiger partial charge in [-0.05, 0) is 30.7 Å². The van der Waals surface area contributed by atoms with Crippen LogP contribution in [0.2, 0.25) is 0 Å². The third kappa shape index (κ3) is 2.65. The van der Waals surface area contributed by atoms with Crippen molar-refractivity contribution in [1.29, 1.82) is 0 Å². The topological polar surface area (TPSA) is 107 Å². The summed E-state index contributed by atoms with van der Waals surface area (Å²) in [6, 6.07) is 15.1. The van der Waals surface area contributed by atoms with Gasteiger partial charge in [-0.3, -0.25) is 4.79 Å². The molecule has 0 spiro atoms. The Labute approximate surface area is 161 Å². The molecule has 2 atom stereocenters. The maximum atomic E-state index is 12.6. The number of fused-ring (bicyclic) bond motifs is 3. The summed E-state index contributed by atoms with van der Waals surface area (Å²) in [5.74, 6) is 0.231. The van der Waals surface area contributed by atoms with Crippen LogP contribution in [0.25, 0.3) is 11.0 Å². The van der Waals surface area contributed by atoms with Crippen molar-refractivity contribution in [2.75, 3.05) is 23.3 Å². The molecule has 2 fully saturated rings. The van der Waals surface area contributed by atoms with Crippen molar-refractivity contribution in [2.24, 2.45) is 5.73 Å². The lowest BCUT2D eigenvalue weighted by Gasteiger charge is -2.34. The van der Waals surface area contributed by atoms with Crippen LogP contribution in [0.3, 0.4) is 0 Å². The van der Waals surface area contributed by atoms with E-state index in [0.29, 0.717) is 24.2 Å². The van der Waals surface area contributed by atoms with Crippen LogP contribution < -0.4 is 16.0 Å². The number of nitrogens with two attached hydrogens (primary N) is 1. The van der Waals surface area contributed by atoms with Crippen molar-refractivity contribution in [2.45, 2.75) is 18.5 Å². The van der Waals surface area contributed by atoms with Gasteiger partial charge in [-0.2, -0.15) is 0 Å². The molecule has 2 saturated heterocycles. The second-order valence-corrected chi connectivity index (χ2v) is 7.27. The number of carbonyl (C=O) groups excluding carboxylic acids is 2. The molecule has 2 aromatic carbocycles. The van der Waals surface area contributed by atoms with Gasteiger partial charge in [-0.15, -0.1) is 0 Å². The molecule has 3 amide bonds. The molecule has 3 heterocycles. The molecular weight excluding hydrogens is 356 g/mol. The van der Waals surface area contributed by atoms with Crippen LogP contribution in [-0.2, 0) is 0 Å². The first-order valence-electron chi connectivity index (χ1n) is 9.28. The van der Waals surface area contributed by atoms with Crippen LogP contribution in [0.4, 0.5) is 16.4 Å². The predicted molar refractivity (Wildman–Crippen MR) is 106 cm³/mol. The minimum atomic E-state index is -0.490. The molecule has 8 heteroatoms. The van der Waals surface area contributed by atoms with Gasteiger partial charge in [0.2, 0.25) is 5.95 Å². The van der Waals surface area contributed by atoms with Crippen LogP contribution in [0.5, 0.6) is 0 Å². The molecule has 0 saturated carbocycles. The number of carbonyl (C=O) groups is 2. The van der Waals surface area contributed by atoms with Crippen LogP contribution in [0.15, 0.2) is 48.5 Å². The van der Waals surface area contributed by atoms with Crippen molar-refractivity contribution in [1.82, 2.24) is 14.9 Å². The smallest absolute Gasteiger partial charge is 0.322 e. The van der Waals surface area contributed by atoms with Crippen molar-refractivity contribution < 1.29 is 9.59 Å². The molecule has 28 heavy (non-hydrogen) atoms. The summed E-state index contributed by atoms with van der Waals surface area (Å²) in [5.41, 5.74) is 8.04. The molecule has 2 bridgehead atoms. The highest BCUT2D eigenvalue weighted by molar-refractivity contribution is 6.04. The number of para-hydroxylation sites is 2. The average Bonchev–Trinajstić information content (AvgIpc) is 3.41. The number of nitrogens with one attached hydrogen (secondary N) is 2. The number of hydrogen-bond donors (Lipinski definition) is 3. The number of anilines is 2. The van der Waals surface area contributed by atoms with Gasteiger partial charge >= 0.3 is 6.03 Å². The van der Waals surface area contributed by atoms with E-state index in [4.69, 9.17) is 5.73 Å². The summed E-state index contributed by atoms with van der Waals surface area (Å²) in [6.45, 7) is 1.35. The number of aromatic amines is 1. The first-order chi connectivity index (χ1) is 13.6. The quantitative estimate of drug-likeness (QED) is 0.651. The lowest BCUT2D eigenvalue weighted by atomic mass is 10.2. The Balaban J connectivity index is 1.33. The first kappa shape index (κ1) is 16.6. The number of benzene rings is 2. The molecule has 4 N–H and O–H groups in total.